The van der Waals surface area contributed by atoms with Crippen LogP contribution >= 0.6 is 11.8 Å². The number of aromatic nitrogens is 1. The summed E-state index contributed by atoms with van der Waals surface area (Å²) in [4.78, 5) is 28.7. The summed E-state index contributed by atoms with van der Waals surface area (Å²) in [5.41, 5.74) is 3.78. The number of amides is 1. The molecule has 1 aliphatic rings. The van der Waals surface area contributed by atoms with Crippen LogP contribution in [-0.2, 0) is 16.1 Å². The molecule has 2 heterocycles. The molecule has 1 fully saturated rings. The highest BCUT2D eigenvalue weighted by Gasteiger charge is 2.38. The lowest BCUT2D eigenvalue weighted by Gasteiger charge is -2.41. The zero-order valence-corrected chi connectivity index (χ0v) is 23.2. The van der Waals surface area contributed by atoms with E-state index in [0.717, 1.165) is 16.7 Å². The molecule has 1 saturated heterocycles. The fourth-order valence-electron chi connectivity index (χ4n) is 4.70. The van der Waals surface area contributed by atoms with Crippen molar-refractivity contribution in [3.63, 3.8) is 0 Å². The highest BCUT2D eigenvalue weighted by Crippen LogP contribution is 2.43. The monoisotopic (exact) mass is 570 g/mol. The van der Waals surface area contributed by atoms with Gasteiger partial charge < -0.3 is 25.0 Å². The average Bonchev–Trinajstić information content (AvgIpc) is 3.01. The lowest BCUT2D eigenvalue weighted by Crippen LogP contribution is -2.38. The van der Waals surface area contributed by atoms with Crippen molar-refractivity contribution in [2.45, 2.75) is 37.1 Å². The highest BCUT2D eigenvalue weighted by molar-refractivity contribution is 7.99. The molecule has 1 aliphatic heterocycles. The molecule has 3 N–H and O–H groups in total. The molecule has 1 amide bonds. The lowest BCUT2D eigenvalue weighted by atomic mass is 9.91. The van der Waals surface area contributed by atoms with E-state index in [4.69, 9.17) is 9.47 Å². The van der Waals surface area contributed by atoms with E-state index < -0.39 is 12.3 Å². The van der Waals surface area contributed by atoms with Gasteiger partial charge in [0.1, 0.15) is 5.03 Å². The molecule has 4 atom stereocenters. The lowest BCUT2D eigenvalue weighted by molar-refractivity contribution is -0.268. The first kappa shape index (κ1) is 28.5. The number of aromatic carboxylic acids is 1. The van der Waals surface area contributed by atoms with Gasteiger partial charge in [-0.15, -0.1) is 11.8 Å². The van der Waals surface area contributed by atoms with Gasteiger partial charge in [0.05, 0.1) is 24.4 Å². The van der Waals surface area contributed by atoms with Crippen LogP contribution in [0.4, 0.5) is 5.69 Å². The predicted octanol–water partition coefficient (Wildman–Crippen LogP) is 6.11. The largest absolute Gasteiger partial charge is 0.478 e. The number of hydrogen-bond donors (Lipinski definition) is 3. The number of carbonyl (C=O) groups excluding carboxylic acids is 1. The van der Waals surface area contributed by atoms with Crippen molar-refractivity contribution in [3.05, 3.63) is 125 Å². The minimum absolute atomic E-state index is 0.0517. The van der Waals surface area contributed by atoms with Crippen molar-refractivity contribution in [2.24, 2.45) is 5.92 Å². The summed E-state index contributed by atoms with van der Waals surface area (Å²) >= 11 is 1.33. The number of carboxylic acid groups (broad SMARTS) is 1. The van der Waals surface area contributed by atoms with E-state index in [0.29, 0.717) is 22.0 Å². The number of anilines is 1. The Bertz CT molecular complexity index is 1500. The van der Waals surface area contributed by atoms with E-state index in [1.54, 1.807) is 24.4 Å². The Morgan fingerprint density at radius 1 is 0.927 bits per heavy atom. The third-order valence-corrected chi connectivity index (χ3v) is 8.06. The summed E-state index contributed by atoms with van der Waals surface area (Å²) < 4.78 is 13.0. The van der Waals surface area contributed by atoms with Gasteiger partial charge in [0.15, 0.2) is 6.29 Å². The predicted molar refractivity (Wildman–Crippen MR) is 156 cm³/mol. The number of thioether (sulfide) groups is 1. The number of rotatable bonds is 9. The van der Waals surface area contributed by atoms with Crippen LogP contribution < -0.4 is 5.32 Å². The first-order valence-electron chi connectivity index (χ1n) is 13.2. The second-order valence-electron chi connectivity index (χ2n) is 9.74. The Balaban J connectivity index is 1.40. The molecule has 210 valence electrons. The number of pyridine rings is 1. The van der Waals surface area contributed by atoms with Gasteiger partial charge in [0.25, 0.3) is 5.91 Å². The van der Waals surface area contributed by atoms with Crippen molar-refractivity contribution >= 4 is 29.3 Å². The van der Waals surface area contributed by atoms with Crippen LogP contribution in [0.3, 0.4) is 0 Å². The molecule has 0 saturated carbocycles. The normalized spacial score (nSPS) is 20.3. The summed E-state index contributed by atoms with van der Waals surface area (Å²) in [5.74, 6) is -0.886. The molecule has 0 bridgehead atoms. The van der Waals surface area contributed by atoms with Crippen molar-refractivity contribution < 1.29 is 29.3 Å². The molecule has 4 unspecified atom stereocenters. The van der Waals surface area contributed by atoms with Gasteiger partial charge in [-0.1, -0.05) is 61.5 Å². The Hall–Kier alpha value is -4.02. The fourth-order valence-corrected chi connectivity index (χ4v) is 5.85. The summed E-state index contributed by atoms with van der Waals surface area (Å²) in [6, 6.07) is 27.1. The van der Waals surface area contributed by atoms with Gasteiger partial charge in [-0.25, -0.2) is 9.78 Å². The zero-order valence-electron chi connectivity index (χ0n) is 22.3. The highest BCUT2D eigenvalue weighted by atomic mass is 32.2. The molecule has 1 aromatic heterocycles. The van der Waals surface area contributed by atoms with Gasteiger partial charge in [-0.05, 0) is 47.5 Å². The van der Waals surface area contributed by atoms with Gasteiger partial charge in [0, 0.05) is 34.7 Å². The molecule has 41 heavy (non-hydrogen) atoms. The van der Waals surface area contributed by atoms with Gasteiger partial charge in [-0.2, -0.15) is 0 Å². The molecule has 0 spiro atoms. The topological polar surface area (TPSA) is 118 Å². The minimum Gasteiger partial charge on any atom is -0.478 e. The zero-order chi connectivity index (χ0) is 28.8. The standard InChI is InChI=1S/C32H30N2O6S/c1-20-27(19-41-30-26(31(37)38)11-6-16-33-30)39-32(40-28(20)22-14-12-21(18-35)13-15-22)24-9-5-10-25(17-24)34-29(36)23-7-3-2-4-8-23/h2-17,20,27-28,32,35H,18-19H2,1H3,(H,34,36)(H,37,38). The van der Waals surface area contributed by atoms with Crippen LogP contribution in [0.25, 0.3) is 0 Å². The number of nitrogens with one attached hydrogen (secondary N) is 1. The average molecular weight is 571 g/mol. The van der Waals surface area contributed by atoms with E-state index in [1.165, 1.54) is 17.8 Å². The number of carboxylic acids is 1. The molecule has 5 rings (SSSR count). The summed E-state index contributed by atoms with van der Waals surface area (Å²) in [5, 5.41) is 22.4. The van der Waals surface area contributed by atoms with Crippen molar-refractivity contribution in [2.75, 3.05) is 11.1 Å². The quantitative estimate of drug-likeness (QED) is 0.206. The van der Waals surface area contributed by atoms with Crippen LogP contribution in [0.5, 0.6) is 0 Å². The van der Waals surface area contributed by atoms with E-state index in [1.807, 2.05) is 73.7 Å². The number of aliphatic hydroxyl groups excluding tert-OH is 1. The first-order chi connectivity index (χ1) is 19.9. The van der Waals surface area contributed by atoms with E-state index in [-0.39, 0.29) is 36.2 Å². The summed E-state index contributed by atoms with van der Waals surface area (Å²) in [6.45, 7) is 1.99. The number of hydrogen-bond acceptors (Lipinski definition) is 7. The summed E-state index contributed by atoms with van der Waals surface area (Å²) in [6.07, 6.45) is 0.187. The van der Waals surface area contributed by atoms with Crippen molar-refractivity contribution in [1.29, 1.82) is 0 Å². The molecular formula is C32H30N2O6S. The third kappa shape index (κ3) is 6.83. The Morgan fingerprint density at radius 2 is 1.71 bits per heavy atom. The van der Waals surface area contributed by atoms with Crippen LogP contribution in [0, 0.1) is 5.92 Å². The maximum atomic E-state index is 12.7. The number of nitrogens with zero attached hydrogens (tertiary/aromatic N) is 1. The molecule has 3 aromatic carbocycles. The van der Waals surface area contributed by atoms with Crippen molar-refractivity contribution in [1.82, 2.24) is 4.98 Å². The van der Waals surface area contributed by atoms with Gasteiger partial charge >= 0.3 is 5.97 Å². The van der Waals surface area contributed by atoms with E-state index in [2.05, 4.69) is 10.3 Å². The Labute approximate surface area is 242 Å². The van der Waals surface area contributed by atoms with E-state index >= 15 is 0 Å². The number of ether oxygens (including phenoxy) is 2. The summed E-state index contributed by atoms with van der Waals surface area (Å²) in [7, 11) is 0. The van der Waals surface area contributed by atoms with Crippen LogP contribution in [-0.4, -0.2) is 38.9 Å². The number of benzene rings is 3. The van der Waals surface area contributed by atoms with Gasteiger partial charge in [-0.3, -0.25) is 4.79 Å². The number of aliphatic hydroxyl groups is 1. The SMILES string of the molecule is CC1C(CSc2ncccc2C(=O)O)OC(c2cccc(NC(=O)c3ccccc3)c2)OC1c1ccc(CO)cc1. The maximum absolute atomic E-state index is 12.7. The smallest absolute Gasteiger partial charge is 0.338 e. The van der Waals surface area contributed by atoms with Gasteiger partial charge in [0.2, 0.25) is 0 Å². The fraction of sp³-hybridized carbons (Fsp3) is 0.219. The Kier molecular flexibility index (Phi) is 9.11. The molecule has 9 heteroatoms. The molecule has 0 aliphatic carbocycles. The van der Waals surface area contributed by atoms with Crippen LogP contribution in [0.1, 0.15) is 56.7 Å². The van der Waals surface area contributed by atoms with Crippen LogP contribution in [0.2, 0.25) is 0 Å². The minimum atomic E-state index is -1.03. The maximum Gasteiger partial charge on any atom is 0.338 e. The molecular weight excluding hydrogens is 540 g/mol. The second-order valence-corrected chi connectivity index (χ2v) is 10.7. The number of carbonyl (C=O) groups is 2. The van der Waals surface area contributed by atoms with Crippen LogP contribution in [0.15, 0.2) is 102 Å². The molecule has 8 nitrogen and oxygen atoms in total. The first-order valence-corrected chi connectivity index (χ1v) is 14.2. The molecule has 4 aromatic rings. The second kappa shape index (κ2) is 13.1. The van der Waals surface area contributed by atoms with E-state index in [9.17, 15) is 19.8 Å². The molecule has 0 radical (unpaired) electrons. The third-order valence-electron chi connectivity index (χ3n) is 6.96. The van der Waals surface area contributed by atoms with Crippen molar-refractivity contribution in [3.8, 4) is 0 Å². The Morgan fingerprint density at radius 3 is 2.44 bits per heavy atom.